The third kappa shape index (κ3) is 4.20. The summed E-state index contributed by atoms with van der Waals surface area (Å²) in [4.78, 5) is 28.5. The molecule has 33 heavy (non-hydrogen) atoms. The number of rotatable bonds is 7. The molecule has 0 spiro atoms. The van der Waals surface area contributed by atoms with Gasteiger partial charge in [-0.15, -0.1) is 0 Å². The summed E-state index contributed by atoms with van der Waals surface area (Å²) < 4.78 is 10.8. The summed E-state index contributed by atoms with van der Waals surface area (Å²) in [6.45, 7) is 4.06. The number of hydrogen-bond donors (Lipinski definition) is 1. The van der Waals surface area contributed by atoms with E-state index in [0.29, 0.717) is 28.3 Å². The molecule has 2 amide bonds. The lowest BCUT2D eigenvalue weighted by atomic mass is 10.0. The van der Waals surface area contributed by atoms with Crippen LogP contribution < -0.4 is 19.7 Å². The predicted molar refractivity (Wildman–Crippen MR) is 130 cm³/mol. The number of nitrogens with zero attached hydrogens (tertiary/aromatic N) is 1. The van der Waals surface area contributed by atoms with Crippen molar-refractivity contribution in [1.82, 2.24) is 0 Å². The number of hydrogen-bond acceptors (Lipinski definition) is 5. The Morgan fingerprint density at radius 1 is 0.848 bits per heavy atom. The van der Waals surface area contributed by atoms with Crippen molar-refractivity contribution in [3.05, 3.63) is 89.1 Å². The molecule has 0 aliphatic carbocycles. The topological polar surface area (TPSA) is 67.9 Å². The van der Waals surface area contributed by atoms with Crippen molar-refractivity contribution in [2.75, 3.05) is 24.4 Å². The highest BCUT2D eigenvalue weighted by molar-refractivity contribution is 6.46. The zero-order chi connectivity index (χ0) is 23.5. The normalized spacial score (nSPS) is 13.5. The number of carbonyl (C=O) groups excluding carboxylic acids is 2. The van der Waals surface area contributed by atoms with E-state index in [1.807, 2.05) is 55.5 Å². The maximum atomic E-state index is 13.7. The first-order chi connectivity index (χ1) is 16.0. The molecule has 0 saturated carbocycles. The Morgan fingerprint density at radius 2 is 1.55 bits per heavy atom. The maximum absolute atomic E-state index is 13.7. The highest BCUT2D eigenvalue weighted by atomic mass is 16.5. The number of imide groups is 1. The number of nitrogens with one attached hydrogen (secondary N) is 1. The van der Waals surface area contributed by atoms with Gasteiger partial charge in [-0.1, -0.05) is 48.9 Å². The predicted octanol–water partition coefficient (Wildman–Crippen LogP) is 4.97. The zero-order valence-corrected chi connectivity index (χ0v) is 19.1. The van der Waals surface area contributed by atoms with Crippen molar-refractivity contribution in [3.63, 3.8) is 0 Å². The molecule has 168 valence electrons. The third-order valence-electron chi connectivity index (χ3n) is 5.68. The van der Waals surface area contributed by atoms with Crippen LogP contribution in [0.25, 0.3) is 5.57 Å². The van der Waals surface area contributed by atoms with Crippen molar-refractivity contribution >= 4 is 28.8 Å². The average molecular weight is 443 g/mol. The lowest BCUT2D eigenvalue weighted by Crippen LogP contribution is -2.32. The summed E-state index contributed by atoms with van der Waals surface area (Å²) in [6, 6.07) is 20.4. The van der Waals surface area contributed by atoms with E-state index >= 15 is 0 Å². The van der Waals surface area contributed by atoms with Gasteiger partial charge in [-0.2, -0.15) is 0 Å². The first kappa shape index (κ1) is 22.1. The van der Waals surface area contributed by atoms with Gasteiger partial charge in [0.1, 0.15) is 17.2 Å². The molecule has 1 heterocycles. The minimum atomic E-state index is -0.457. The number of methoxy groups -OCH3 is 2. The molecule has 6 nitrogen and oxygen atoms in total. The largest absolute Gasteiger partial charge is 0.497 e. The molecule has 0 fully saturated rings. The Morgan fingerprint density at radius 3 is 2.15 bits per heavy atom. The minimum Gasteiger partial charge on any atom is -0.497 e. The van der Waals surface area contributed by atoms with E-state index in [4.69, 9.17) is 9.47 Å². The molecule has 0 saturated heterocycles. The Bertz CT molecular complexity index is 1230. The van der Waals surface area contributed by atoms with Crippen LogP contribution in [-0.2, 0) is 16.0 Å². The molecule has 0 unspecified atom stereocenters. The van der Waals surface area contributed by atoms with Gasteiger partial charge in [-0.05, 0) is 48.7 Å². The van der Waals surface area contributed by atoms with Crippen LogP contribution in [-0.4, -0.2) is 26.0 Å². The van der Waals surface area contributed by atoms with Crippen LogP contribution >= 0.6 is 0 Å². The van der Waals surface area contributed by atoms with Crippen molar-refractivity contribution in [2.45, 2.75) is 20.3 Å². The molecule has 1 aliphatic heterocycles. The van der Waals surface area contributed by atoms with Crippen molar-refractivity contribution in [1.29, 1.82) is 0 Å². The van der Waals surface area contributed by atoms with E-state index in [2.05, 4.69) is 12.2 Å². The molecular weight excluding hydrogens is 416 g/mol. The third-order valence-corrected chi connectivity index (χ3v) is 5.68. The van der Waals surface area contributed by atoms with Crippen molar-refractivity contribution < 1.29 is 19.1 Å². The van der Waals surface area contributed by atoms with Gasteiger partial charge in [-0.25, -0.2) is 4.90 Å². The fourth-order valence-corrected chi connectivity index (χ4v) is 3.79. The Balaban J connectivity index is 1.83. The van der Waals surface area contributed by atoms with E-state index in [0.717, 1.165) is 22.6 Å². The van der Waals surface area contributed by atoms with Crippen LogP contribution in [0.5, 0.6) is 11.5 Å². The van der Waals surface area contributed by atoms with E-state index in [1.54, 1.807) is 18.2 Å². The van der Waals surface area contributed by atoms with Gasteiger partial charge < -0.3 is 14.8 Å². The first-order valence-electron chi connectivity index (χ1n) is 10.7. The number of amides is 2. The molecule has 6 heteroatoms. The molecular formula is C27H26N2O4. The van der Waals surface area contributed by atoms with Crippen LogP contribution in [0, 0.1) is 6.92 Å². The lowest BCUT2D eigenvalue weighted by Gasteiger charge is -2.19. The maximum Gasteiger partial charge on any atom is 0.282 e. The summed E-state index contributed by atoms with van der Waals surface area (Å²) in [6.07, 6.45) is 0.915. The molecule has 3 aromatic rings. The molecule has 3 aromatic carbocycles. The summed E-state index contributed by atoms with van der Waals surface area (Å²) in [7, 11) is 3.03. The molecule has 0 aromatic heterocycles. The summed E-state index contributed by atoms with van der Waals surface area (Å²) >= 11 is 0. The highest BCUT2D eigenvalue weighted by Crippen LogP contribution is 2.39. The standard InChI is InChI=1S/C27H26N2O4/c1-5-18-8-12-20(13-9-18)28-25-24(19-10-6-17(2)7-11-19)26(30)29(27(25)31)22-16-21(32-3)14-15-23(22)33-4/h6-16,28H,5H2,1-4H3. The second-order valence-corrected chi connectivity index (χ2v) is 7.77. The molecule has 0 bridgehead atoms. The van der Waals surface area contributed by atoms with Crippen LogP contribution in [0.1, 0.15) is 23.6 Å². The zero-order valence-electron chi connectivity index (χ0n) is 19.1. The SMILES string of the molecule is CCc1ccc(NC2=C(c3ccc(C)cc3)C(=O)N(c3cc(OC)ccc3OC)C2=O)cc1. The molecule has 0 atom stereocenters. The molecule has 0 radical (unpaired) electrons. The summed E-state index contributed by atoms with van der Waals surface area (Å²) in [5.41, 5.74) is 4.50. The fourth-order valence-electron chi connectivity index (χ4n) is 3.79. The van der Waals surface area contributed by atoms with Crippen LogP contribution in [0.3, 0.4) is 0 Å². The number of benzene rings is 3. The average Bonchev–Trinajstić information content (AvgIpc) is 3.08. The number of ether oxygens (including phenoxy) is 2. The minimum absolute atomic E-state index is 0.220. The highest BCUT2D eigenvalue weighted by Gasteiger charge is 2.41. The van der Waals surface area contributed by atoms with Gasteiger partial charge in [0.15, 0.2) is 0 Å². The van der Waals surface area contributed by atoms with Gasteiger partial charge in [0, 0.05) is 11.8 Å². The summed E-state index contributed by atoms with van der Waals surface area (Å²) in [5, 5.41) is 3.20. The smallest absolute Gasteiger partial charge is 0.282 e. The van der Waals surface area contributed by atoms with Gasteiger partial charge in [-0.3, -0.25) is 9.59 Å². The van der Waals surface area contributed by atoms with Crippen LogP contribution in [0.2, 0.25) is 0 Å². The van der Waals surface area contributed by atoms with E-state index in [1.165, 1.54) is 19.8 Å². The number of carbonyl (C=O) groups is 2. The van der Waals surface area contributed by atoms with Gasteiger partial charge >= 0.3 is 0 Å². The Kier molecular flexibility index (Phi) is 6.18. The van der Waals surface area contributed by atoms with E-state index < -0.39 is 11.8 Å². The summed E-state index contributed by atoms with van der Waals surface area (Å²) in [5.74, 6) is 0.0268. The number of anilines is 2. The van der Waals surface area contributed by atoms with Gasteiger partial charge in [0.05, 0.1) is 25.5 Å². The molecule has 1 aliphatic rings. The fraction of sp³-hybridized carbons (Fsp3) is 0.185. The molecule has 1 N–H and O–H groups in total. The van der Waals surface area contributed by atoms with E-state index in [-0.39, 0.29) is 5.70 Å². The van der Waals surface area contributed by atoms with E-state index in [9.17, 15) is 9.59 Å². The molecule has 4 rings (SSSR count). The second-order valence-electron chi connectivity index (χ2n) is 7.77. The van der Waals surface area contributed by atoms with Crippen molar-refractivity contribution in [3.8, 4) is 11.5 Å². The van der Waals surface area contributed by atoms with Crippen LogP contribution in [0.15, 0.2) is 72.4 Å². The lowest BCUT2D eigenvalue weighted by molar-refractivity contribution is -0.120. The van der Waals surface area contributed by atoms with Crippen molar-refractivity contribution in [2.24, 2.45) is 0 Å². The quantitative estimate of drug-likeness (QED) is 0.523. The number of aryl methyl sites for hydroxylation is 2. The monoisotopic (exact) mass is 442 g/mol. The van der Waals surface area contributed by atoms with Gasteiger partial charge in [0.25, 0.3) is 11.8 Å². The van der Waals surface area contributed by atoms with Crippen LogP contribution in [0.4, 0.5) is 11.4 Å². The first-order valence-corrected chi connectivity index (χ1v) is 10.7. The Labute approximate surface area is 193 Å². The second kappa shape index (κ2) is 9.20. The Hall–Kier alpha value is -4.06. The van der Waals surface area contributed by atoms with Gasteiger partial charge in [0.2, 0.25) is 0 Å².